The number of benzene rings is 1. The molecule has 0 bridgehead atoms. The van der Waals surface area contributed by atoms with Crippen LogP contribution in [0.25, 0.3) is 6.08 Å². The summed E-state index contributed by atoms with van der Waals surface area (Å²) in [4.78, 5) is 28.3. The summed E-state index contributed by atoms with van der Waals surface area (Å²) in [7, 11) is 0. The van der Waals surface area contributed by atoms with Crippen LogP contribution in [0.1, 0.15) is 32.3 Å². The maximum Gasteiger partial charge on any atom is 0.244 e. The molecule has 2 fully saturated rings. The number of amides is 2. The zero-order valence-corrected chi connectivity index (χ0v) is 16.9. The first-order valence-electron chi connectivity index (χ1n) is 10.2. The van der Waals surface area contributed by atoms with Crippen LogP contribution >= 0.6 is 0 Å². The van der Waals surface area contributed by atoms with Crippen molar-refractivity contribution < 1.29 is 14.3 Å². The van der Waals surface area contributed by atoms with E-state index in [4.69, 9.17) is 4.74 Å². The van der Waals surface area contributed by atoms with Crippen molar-refractivity contribution >= 4 is 23.6 Å². The molecule has 6 heteroatoms. The number of carbonyl (C=O) groups is 2. The van der Waals surface area contributed by atoms with E-state index in [0.717, 1.165) is 50.5 Å². The smallest absolute Gasteiger partial charge is 0.244 e. The van der Waals surface area contributed by atoms with Gasteiger partial charge in [0.15, 0.2) is 0 Å². The van der Waals surface area contributed by atoms with E-state index in [1.165, 1.54) is 0 Å². The zero-order valence-electron chi connectivity index (χ0n) is 16.9. The topological polar surface area (TPSA) is 61.9 Å². The summed E-state index contributed by atoms with van der Waals surface area (Å²) < 4.78 is 5.43. The van der Waals surface area contributed by atoms with Crippen LogP contribution in [0.5, 0.6) is 0 Å². The molecule has 6 nitrogen and oxygen atoms in total. The molecule has 2 aliphatic rings. The third-order valence-electron chi connectivity index (χ3n) is 5.48. The summed E-state index contributed by atoms with van der Waals surface area (Å²) in [6, 6.07) is 8.07. The molecule has 1 unspecified atom stereocenters. The molecule has 0 saturated carbocycles. The van der Waals surface area contributed by atoms with Crippen LogP contribution in [0.2, 0.25) is 0 Å². The summed E-state index contributed by atoms with van der Waals surface area (Å²) in [6.07, 6.45) is 4.93. The Hall–Kier alpha value is -2.18. The van der Waals surface area contributed by atoms with Crippen LogP contribution in [0, 0.1) is 5.92 Å². The monoisotopic (exact) mass is 385 g/mol. The highest BCUT2D eigenvalue weighted by molar-refractivity contribution is 5.95. The van der Waals surface area contributed by atoms with Gasteiger partial charge >= 0.3 is 0 Å². The zero-order chi connectivity index (χ0) is 19.9. The second-order valence-electron chi connectivity index (χ2n) is 7.78. The van der Waals surface area contributed by atoms with Crippen molar-refractivity contribution in [1.29, 1.82) is 0 Å². The van der Waals surface area contributed by atoms with Crippen LogP contribution in [0.3, 0.4) is 0 Å². The molecule has 1 aromatic rings. The maximum atomic E-state index is 12.3. The Morgan fingerprint density at radius 2 is 1.89 bits per heavy atom. The van der Waals surface area contributed by atoms with E-state index in [-0.39, 0.29) is 11.8 Å². The summed E-state index contributed by atoms with van der Waals surface area (Å²) in [5.74, 6) is 0.559. The SMILES string of the molecule is CC(C)C(CNC(=O)/C=C/c1ccc(N2CCCC2=O)cc1)N1CCOCC1. The van der Waals surface area contributed by atoms with Crippen molar-refractivity contribution in [2.45, 2.75) is 32.7 Å². The second kappa shape index (κ2) is 9.85. The predicted molar refractivity (Wildman–Crippen MR) is 111 cm³/mol. The van der Waals surface area contributed by atoms with Gasteiger partial charge < -0.3 is 15.0 Å². The molecule has 0 aliphatic carbocycles. The Kier molecular flexibility index (Phi) is 7.23. The van der Waals surface area contributed by atoms with E-state index in [9.17, 15) is 9.59 Å². The summed E-state index contributed by atoms with van der Waals surface area (Å²) in [6.45, 7) is 9.16. The van der Waals surface area contributed by atoms with E-state index in [1.54, 1.807) is 6.08 Å². The molecule has 152 valence electrons. The molecule has 2 heterocycles. The lowest BCUT2D eigenvalue weighted by Crippen LogP contribution is -2.51. The van der Waals surface area contributed by atoms with E-state index in [2.05, 4.69) is 24.1 Å². The normalized spacial score (nSPS) is 19.5. The number of morpholine rings is 1. The van der Waals surface area contributed by atoms with Gasteiger partial charge in [-0.3, -0.25) is 14.5 Å². The molecule has 0 radical (unpaired) electrons. The van der Waals surface area contributed by atoms with Gasteiger partial charge in [0.1, 0.15) is 0 Å². The average molecular weight is 386 g/mol. The largest absolute Gasteiger partial charge is 0.379 e. The molecule has 1 aromatic carbocycles. The first-order chi connectivity index (χ1) is 13.5. The van der Waals surface area contributed by atoms with Gasteiger partial charge in [-0.25, -0.2) is 0 Å². The lowest BCUT2D eigenvalue weighted by Gasteiger charge is -2.36. The molecule has 1 atom stereocenters. The van der Waals surface area contributed by atoms with Crippen molar-refractivity contribution in [3.8, 4) is 0 Å². The van der Waals surface area contributed by atoms with E-state index < -0.39 is 0 Å². The van der Waals surface area contributed by atoms with Crippen LogP contribution in [0.15, 0.2) is 30.3 Å². The first kappa shape index (κ1) is 20.6. The van der Waals surface area contributed by atoms with Crippen molar-refractivity contribution in [3.05, 3.63) is 35.9 Å². The Balaban J connectivity index is 1.50. The van der Waals surface area contributed by atoms with Gasteiger partial charge in [0.2, 0.25) is 11.8 Å². The van der Waals surface area contributed by atoms with Crippen LogP contribution in [0.4, 0.5) is 5.69 Å². The Morgan fingerprint density at radius 3 is 2.50 bits per heavy atom. The van der Waals surface area contributed by atoms with Crippen LogP contribution in [-0.2, 0) is 14.3 Å². The molecular formula is C22H31N3O3. The van der Waals surface area contributed by atoms with Crippen molar-refractivity contribution in [2.24, 2.45) is 5.92 Å². The van der Waals surface area contributed by atoms with Crippen molar-refractivity contribution in [1.82, 2.24) is 10.2 Å². The maximum absolute atomic E-state index is 12.3. The third-order valence-corrected chi connectivity index (χ3v) is 5.48. The summed E-state index contributed by atoms with van der Waals surface area (Å²) >= 11 is 0. The van der Waals surface area contributed by atoms with E-state index in [0.29, 0.717) is 24.9 Å². The fourth-order valence-corrected chi connectivity index (χ4v) is 3.82. The highest BCUT2D eigenvalue weighted by Crippen LogP contribution is 2.21. The molecule has 2 amide bonds. The molecular weight excluding hydrogens is 354 g/mol. The van der Waals surface area contributed by atoms with Crippen LogP contribution < -0.4 is 10.2 Å². The Bertz CT molecular complexity index is 693. The highest BCUT2D eigenvalue weighted by atomic mass is 16.5. The molecule has 2 aliphatic heterocycles. The minimum atomic E-state index is -0.0855. The van der Waals surface area contributed by atoms with Crippen molar-refractivity contribution in [2.75, 3.05) is 44.3 Å². The van der Waals surface area contributed by atoms with Crippen LogP contribution in [-0.4, -0.2) is 62.1 Å². The van der Waals surface area contributed by atoms with Gasteiger partial charge in [0, 0.05) is 50.4 Å². The van der Waals surface area contributed by atoms with Crippen molar-refractivity contribution in [3.63, 3.8) is 0 Å². The quantitative estimate of drug-likeness (QED) is 0.732. The first-order valence-corrected chi connectivity index (χ1v) is 10.2. The molecule has 1 N–H and O–H groups in total. The molecule has 0 aromatic heterocycles. The molecule has 2 saturated heterocycles. The van der Waals surface area contributed by atoms with Gasteiger partial charge in [-0.05, 0) is 36.1 Å². The number of hydrogen-bond donors (Lipinski definition) is 1. The average Bonchev–Trinajstić information content (AvgIpc) is 3.13. The van der Waals surface area contributed by atoms with Gasteiger partial charge in [-0.2, -0.15) is 0 Å². The van der Waals surface area contributed by atoms with Gasteiger partial charge in [0.05, 0.1) is 13.2 Å². The van der Waals surface area contributed by atoms with Gasteiger partial charge in [-0.1, -0.05) is 26.0 Å². The summed E-state index contributed by atoms with van der Waals surface area (Å²) in [5.41, 5.74) is 1.87. The van der Waals surface area contributed by atoms with Gasteiger partial charge in [0.25, 0.3) is 0 Å². The fourth-order valence-electron chi connectivity index (χ4n) is 3.82. The molecule has 0 spiro atoms. The minimum absolute atomic E-state index is 0.0855. The standard InChI is InChI=1S/C22H31N3O3/c1-17(2)20(24-12-14-28-15-13-24)16-23-21(26)10-7-18-5-8-19(9-6-18)25-11-3-4-22(25)27/h5-10,17,20H,3-4,11-16H2,1-2H3,(H,23,26)/b10-7+. The highest BCUT2D eigenvalue weighted by Gasteiger charge is 2.24. The number of carbonyl (C=O) groups excluding carboxylic acids is 2. The number of nitrogens with one attached hydrogen (secondary N) is 1. The van der Waals surface area contributed by atoms with Gasteiger partial charge in [-0.15, -0.1) is 0 Å². The number of ether oxygens (including phenoxy) is 1. The number of nitrogens with zero attached hydrogens (tertiary/aromatic N) is 2. The van der Waals surface area contributed by atoms with E-state index in [1.807, 2.05) is 35.2 Å². The lowest BCUT2D eigenvalue weighted by molar-refractivity contribution is -0.117. The molecule has 3 rings (SSSR count). The minimum Gasteiger partial charge on any atom is -0.379 e. The van der Waals surface area contributed by atoms with E-state index >= 15 is 0 Å². The third kappa shape index (κ3) is 5.42. The lowest BCUT2D eigenvalue weighted by atomic mass is 10.0. The second-order valence-corrected chi connectivity index (χ2v) is 7.78. The summed E-state index contributed by atoms with van der Waals surface area (Å²) in [5, 5.41) is 3.03. The Morgan fingerprint density at radius 1 is 1.18 bits per heavy atom. The fraction of sp³-hybridized carbons (Fsp3) is 0.545. The predicted octanol–water partition coefficient (Wildman–Crippen LogP) is 2.30. The number of hydrogen-bond acceptors (Lipinski definition) is 4. The Labute approximate surface area is 167 Å². The number of anilines is 1. The number of rotatable bonds is 7. The molecule has 28 heavy (non-hydrogen) atoms.